The van der Waals surface area contributed by atoms with Gasteiger partial charge in [0.2, 0.25) is 0 Å². The lowest BCUT2D eigenvalue weighted by Crippen LogP contribution is -2.42. The summed E-state index contributed by atoms with van der Waals surface area (Å²) >= 11 is 0. The van der Waals surface area contributed by atoms with Crippen molar-refractivity contribution in [2.75, 3.05) is 39.9 Å². The number of likely N-dealkylation sites (tertiary alicyclic amines) is 1. The first kappa shape index (κ1) is 17.3. The van der Waals surface area contributed by atoms with E-state index in [1.807, 2.05) is 7.05 Å². The molecule has 21 heavy (non-hydrogen) atoms. The summed E-state index contributed by atoms with van der Waals surface area (Å²) in [5.74, 6) is 3.73. The summed E-state index contributed by atoms with van der Waals surface area (Å²) in [6, 6.07) is 0. The standard InChI is InChI=1S/C16H29N3O.HI/c1-17-16(18-10-13-6-8-20-9-7-13)19-11-14-4-2-3-5-15(14)12-19;/h13-15H,2-12H2,1H3,(H,17,18);1H. The summed E-state index contributed by atoms with van der Waals surface area (Å²) in [4.78, 5) is 7.01. The molecule has 0 aromatic carbocycles. The molecule has 1 aliphatic carbocycles. The van der Waals surface area contributed by atoms with E-state index in [0.29, 0.717) is 0 Å². The number of ether oxygens (including phenoxy) is 1. The highest BCUT2D eigenvalue weighted by Crippen LogP contribution is 2.35. The number of hydrogen-bond acceptors (Lipinski definition) is 2. The number of halogens is 1. The van der Waals surface area contributed by atoms with Crippen molar-refractivity contribution in [3.63, 3.8) is 0 Å². The molecule has 0 amide bonds. The molecule has 2 saturated heterocycles. The summed E-state index contributed by atoms with van der Waals surface area (Å²) < 4.78 is 5.43. The smallest absolute Gasteiger partial charge is 0.193 e. The molecule has 1 N–H and O–H groups in total. The molecule has 2 unspecified atom stereocenters. The Kier molecular flexibility index (Phi) is 7.05. The van der Waals surface area contributed by atoms with Crippen LogP contribution in [0.3, 0.4) is 0 Å². The predicted molar refractivity (Wildman–Crippen MR) is 97.3 cm³/mol. The molecule has 3 rings (SSSR count). The van der Waals surface area contributed by atoms with Crippen LogP contribution in [-0.2, 0) is 4.74 Å². The molecule has 0 bridgehead atoms. The lowest BCUT2D eigenvalue weighted by atomic mass is 9.82. The Morgan fingerprint density at radius 2 is 1.71 bits per heavy atom. The highest BCUT2D eigenvalue weighted by atomic mass is 127. The van der Waals surface area contributed by atoms with Crippen LogP contribution in [0.4, 0.5) is 0 Å². The number of nitrogens with one attached hydrogen (secondary N) is 1. The zero-order valence-electron chi connectivity index (χ0n) is 13.2. The summed E-state index contributed by atoms with van der Waals surface area (Å²) in [5, 5.41) is 3.61. The molecule has 122 valence electrons. The highest BCUT2D eigenvalue weighted by Gasteiger charge is 2.35. The van der Waals surface area contributed by atoms with Crippen LogP contribution in [0.25, 0.3) is 0 Å². The number of rotatable bonds is 2. The van der Waals surface area contributed by atoms with Crippen molar-refractivity contribution in [2.24, 2.45) is 22.7 Å². The van der Waals surface area contributed by atoms with Crippen LogP contribution in [0.2, 0.25) is 0 Å². The summed E-state index contributed by atoms with van der Waals surface area (Å²) in [6.07, 6.45) is 8.10. The van der Waals surface area contributed by atoms with Gasteiger partial charge in [-0.1, -0.05) is 12.8 Å². The quantitative estimate of drug-likeness (QED) is 0.435. The zero-order valence-corrected chi connectivity index (χ0v) is 15.6. The fourth-order valence-corrected chi connectivity index (χ4v) is 4.10. The van der Waals surface area contributed by atoms with E-state index in [2.05, 4.69) is 15.2 Å². The molecule has 3 aliphatic rings. The van der Waals surface area contributed by atoms with Crippen molar-refractivity contribution >= 4 is 29.9 Å². The van der Waals surface area contributed by atoms with Gasteiger partial charge in [-0.15, -0.1) is 24.0 Å². The van der Waals surface area contributed by atoms with Gasteiger partial charge in [0, 0.05) is 39.9 Å². The van der Waals surface area contributed by atoms with Gasteiger partial charge in [0.25, 0.3) is 0 Å². The first-order valence-electron chi connectivity index (χ1n) is 8.40. The van der Waals surface area contributed by atoms with Crippen LogP contribution in [0.1, 0.15) is 38.5 Å². The maximum atomic E-state index is 5.43. The molecule has 2 heterocycles. The molecule has 2 atom stereocenters. The minimum Gasteiger partial charge on any atom is -0.381 e. The fraction of sp³-hybridized carbons (Fsp3) is 0.938. The third-order valence-electron chi connectivity index (χ3n) is 5.38. The SMILES string of the molecule is CN=C(NCC1CCOCC1)N1CC2CCCCC2C1.I. The van der Waals surface area contributed by atoms with Crippen molar-refractivity contribution < 1.29 is 4.74 Å². The van der Waals surface area contributed by atoms with E-state index in [-0.39, 0.29) is 24.0 Å². The summed E-state index contributed by atoms with van der Waals surface area (Å²) in [6.45, 7) is 5.36. The molecule has 4 nitrogen and oxygen atoms in total. The van der Waals surface area contributed by atoms with Crippen molar-refractivity contribution in [3.05, 3.63) is 0 Å². The lowest BCUT2D eigenvalue weighted by molar-refractivity contribution is 0.0674. The maximum absolute atomic E-state index is 5.43. The lowest BCUT2D eigenvalue weighted by Gasteiger charge is -2.26. The van der Waals surface area contributed by atoms with Gasteiger partial charge >= 0.3 is 0 Å². The predicted octanol–water partition coefficient (Wildman–Crippen LogP) is 2.73. The average Bonchev–Trinajstić information content (AvgIpc) is 2.92. The molecule has 1 saturated carbocycles. The van der Waals surface area contributed by atoms with Crippen molar-refractivity contribution in [2.45, 2.75) is 38.5 Å². The van der Waals surface area contributed by atoms with Gasteiger partial charge in [0.15, 0.2) is 5.96 Å². The molecule has 2 aliphatic heterocycles. The van der Waals surface area contributed by atoms with E-state index in [9.17, 15) is 0 Å². The maximum Gasteiger partial charge on any atom is 0.193 e. The van der Waals surface area contributed by atoms with Crippen LogP contribution in [0, 0.1) is 17.8 Å². The molecule has 0 aromatic heterocycles. The molecule has 3 fully saturated rings. The highest BCUT2D eigenvalue weighted by molar-refractivity contribution is 14.0. The monoisotopic (exact) mass is 407 g/mol. The number of guanidine groups is 1. The third-order valence-corrected chi connectivity index (χ3v) is 5.38. The second-order valence-electron chi connectivity index (χ2n) is 6.69. The zero-order chi connectivity index (χ0) is 13.8. The van der Waals surface area contributed by atoms with Crippen molar-refractivity contribution in [3.8, 4) is 0 Å². The summed E-state index contributed by atoms with van der Waals surface area (Å²) in [5.41, 5.74) is 0. The number of hydrogen-bond donors (Lipinski definition) is 1. The Labute approximate surface area is 146 Å². The molecule has 5 heteroatoms. The molecular weight excluding hydrogens is 377 g/mol. The number of nitrogens with zero attached hydrogens (tertiary/aromatic N) is 2. The number of fused-ring (bicyclic) bond motifs is 1. The second-order valence-corrected chi connectivity index (χ2v) is 6.69. The first-order valence-corrected chi connectivity index (χ1v) is 8.40. The van der Waals surface area contributed by atoms with Gasteiger partial charge < -0.3 is 15.0 Å². The minimum absolute atomic E-state index is 0. The van der Waals surface area contributed by atoms with Gasteiger partial charge in [0.05, 0.1) is 0 Å². The van der Waals surface area contributed by atoms with E-state index in [0.717, 1.165) is 43.5 Å². The van der Waals surface area contributed by atoms with Gasteiger partial charge in [0.1, 0.15) is 0 Å². The van der Waals surface area contributed by atoms with E-state index >= 15 is 0 Å². The van der Waals surface area contributed by atoms with Crippen molar-refractivity contribution in [1.82, 2.24) is 10.2 Å². The van der Waals surface area contributed by atoms with Gasteiger partial charge in [-0.2, -0.15) is 0 Å². The van der Waals surface area contributed by atoms with Crippen molar-refractivity contribution in [1.29, 1.82) is 0 Å². The molecule has 0 aromatic rings. The number of aliphatic imine (C=N–C) groups is 1. The van der Waals surface area contributed by atoms with Crippen LogP contribution in [-0.4, -0.2) is 50.8 Å². The van der Waals surface area contributed by atoms with E-state index in [1.54, 1.807) is 0 Å². The fourth-order valence-electron chi connectivity index (χ4n) is 4.10. The Morgan fingerprint density at radius 1 is 1.10 bits per heavy atom. The molecule has 0 spiro atoms. The average molecular weight is 407 g/mol. The van der Waals surface area contributed by atoms with Crippen LogP contribution < -0.4 is 5.32 Å². The van der Waals surface area contributed by atoms with E-state index in [4.69, 9.17) is 4.74 Å². The van der Waals surface area contributed by atoms with Gasteiger partial charge in [-0.05, 0) is 43.4 Å². The molecule has 0 radical (unpaired) electrons. The Morgan fingerprint density at radius 3 is 2.29 bits per heavy atom. The largest absolute Gasteiger partial charge is 0.381 e. The Balaban J connectivity index is 0.00000161. The van der Waals surface area contributed by atoms with Crippen LogP contribution in [0.15, 0.2) is 4.99 Å². The molecular formula is C16H30IN3O. The van der Waals surface area contributed by atoms with Crippen LogP contribution in [0.5, 0.6) is 0 Å². The van der Waals surface area contributed by atoms with Crippen LogP contribution >= 0.6 is 24.0 Å². The normalized spacial score (nSPS) is 30.7. The minimum atomic E-state index is 0. The van der Waals surface area contributed by atoms with E-state index < -0.39 is 0 Å². The first-order chi connectivity index (χ1) is 9.86. The third kappa shape index (κ3) is 4.47. The van der Waals surface area contributed by atoms with Gasteiger partial charge in [-0.25, -0.2) is 0 Å². The second kappa shape index (κ2) is 8.56. The van der Waals surface area contributed by atoms with E-state index in [1.165, 1.54) is 51.6 Å². The Bertz CT molecular complexity index is 330. The summed E-state index contributed by atoms with van der Waals surface area (Å²) in [7, 11) is 1.92. The Hall–Kier alpha value is -0.0400. The topological polar surface area (TPSA) is 36.9 Å². The van der Waals surface area contributed by atoms with Gasteiger partial charge in [-0.3, -0.25) is 4.99 Å².